The molecule has 0 spiro atoms. The van der Waals surface area contributed by atoms with E-state index in [1.165, 1.54) is 24.5 Å². The van der Waals surface area contributed by atoms with Crippen molar-refractivity contribution >= 4 is 27.5 Å². The van der Waals surface area contributed by atoms with Gasteiger partial charge in [0.15, 0.2) is 0 Å². The van der Waals surface area contributed by atoms with Crippen LogP contribution in [-0.4, -0.2) is 15.3 Å². The second-order valence-corrected chi connectivity index (χ2v) is 6.08. The van der Waals surface area contributed by atoms with Gasteiger partial charge < -0.3 is 24.2 Å². The number of aromatic hydroxyl groups is 3. The first-order valence-electron chi connectivity index (χ1n) is 7.76. The fourth-order valence-electron chi connectivity index (χ4n) is 2.91. The van der Waals surface area contributed by atoms with Crippen LogP contribution in [0.5, 0.6) is 17.2 Å². The molecule has 0 saturated carbocycles. The first-order valence-corrected chi connectivity index (χ1v) is 7.76. The van der Waals surface area contributed by atoms with Crippen LogP contribution in [0, 0.1) is 0 Å². The van der Waals surface area contributed by atoms with Crippen molar-refractivity contribution in [1.29, 1.82) is 0 Å². The molecule has 6 nitrogen and oxygen atoms in total. The number of allylic oxidation sites excluding steroid dienone is 1. The summed E-state index contributed by atoms with van der Waals surface area (Å²) in [4.78, 5) is 12.9. The van der Waals surface area contributed by atoms with Crippen molar-refractivity contribution in [1.82, 2.24) is 0 Å². The molecule has 3 N–H and O–H groups in total. The molecule has 4 rings (SSSR count). The molecule has 2 heterocycles. The molecular weight excluding hydrogens is 336 g/mol. The Morgan fingerprint density at radius 2 is 1.81 bits per heavy atom. The number of phenols is 3. The number of phenolic OH excluding ortho intramolecular Hbond substituents is 3. The Morgan fingerprint density at radius 1 is 1.04 bits per heavy atom. The van der Waals surface area contributed by atoms with E-state index in [9.17, 15) is 20.1 Å². The third kappa shape index (κ3) is 2.23. The zero-order valence-electron chi connectivity index (χ0n) is 13.7. The third-order valence-electron chi connectivity index (χ3n) is 4.23. The summed E-state index contributed by atoms with van der Waals surface area (Å²) in [6, 6.07) is 7.00. The van der Waals surface area contributed by atoms with Crippen molar-refractivity contribution in [3.63, 3.8) is 0 Å². The first kappa shape index (κ1) is 15.8. The molecule has 0 unspecified atom stereocenters. The molecule has 4 aromatic rings. The van der Waals surface area contributed by atoms with E-state index >= 15 is 0 Å². The van der Waals surface area contributed by atoms with Crippen molar-refractivity contribution in [2.24, 2.45) is 0 Å². The molecule has 130 valence electrons. The first-order chi connectivity index (χ1) is 12.4. The van der Waals surface area contributed by atoms with Crippen LogP contribution in [-0.2, 0) is 0 Å². The zero-order valence-corrected chi connectivity index (χ0v) is 13.7. The lowest BCUT2D eigenvalue weighted by Crippen LogP contribution is -2.05. The minimum atomic E-state index is -0.510. The standard InChI is InChI=1S/C20H14O6/c1-9(2)15-6-12-16(26-15)7-17-18(19(12)23)20(24)13(8-25-17)11-4-3-10(21)5-14(11)22/h3-8,21-23H,1H2,2H3. The molecule has 0 aliphatic heterocycles. The van der Waals surface area contributed by atoms with Crippen LogP contribution in [0.3, 0.4) is 0 Å². The highest BCUT2D eigenvalue weighted by molar-refractivity contribution is 6.02. The van der Waals surface area contributed by atoms with Gasteiger partial charge in [-0.05, 0) is 30.7 Å². The van der Waals surface area contributed by atoms with Crippen LogP contribution in [0.1, 0.15) is 12.7 Å². The van der Waals surface area contributed by atoms with Gasteiger partial charge in [0.25, 0.3) is 0 Å². The van der Waals surface area contributed by atoms with Gasteiger partial charge in [-0.25, -0.2) is 0 Å². The van der Waals surface area contributed by atoms with Gasteiger partial charge in [0.05, 0.1) is 10.9 Å². The monoisotopic (exact) mass is 350 g/mol. The number of fused-ring (bicyclic) bond motifs is 2. The Kier molecular flexibility index (Phi) is 3.30. The van der Waals surface area contributed by atoms with Gasteiger partial charge in [-0.2, -0.15) is 0 Å². The summed E-state index contributed by atoms with van der Waals surface area (Å²) in [7, 11) is 0. The van der Waals surface area contributed by atoms with Crippen molar-refractivity contribution in [2.75, 3.05) is 0 Å². The van der Waals surface area contributed by atoms with Crippen LogP contribution >= 0.6 is 0 Å². The highest BCUT2D eigenvalue weighted by Gasteiger charge is 2.19. The average Bonchev–Trinajstić information content (AvgIpc) is 3.01. The molecule has 0 amide bonds. The topological polar surface area (TPSA) is 104 Å². The van der Waals surface area contributed by atoms with E-state index in [0.29, 0.717) is 22.3 Å². The van der Waals surface area contributed by atoms with Gasteiger partial charge in [0.1, 0.15) is 45.8 Å². The molecule has 0 aliphatic rings. The molecule has 6 heteroatoms. The lowest BCUT2D eigenvalue weighted by atomic mass is 10.0. The Balaban J connectivity index is 2.06. The maximum Gasteiger partial charge on any atom is 0.204 e. The van der Waals surface area contributed by atoms with Gasteiger partial charge in [0.2, 0.25) is 5.43 Å². The van der Waals surface area contributed by atoms with E-state index in [2.05, 4.69) is 6.58 Å². The quantitative estimate of drug-likeness (QED) is 0.496. The van der Waals surface area contributed by atoms with Crippen LogP contribution in [0.4, 0.5) is 0 Å². The lowest BCUT2D eigenvalue weighted by Gasteiger charge is -2.07. The summed E-state index contributed by atoms with van der Waals surface area (Å²) < 4.78 is 11.1. The average molecular weight is 350 g/mol. The number of hydrogen-bond acceptors (Lipinski definition) is 6. The molecule has 2 aromatic heterocycles. The third-order valence-corrected chi connectivity index (χ3v) is 4.23. The van der Waals surface area contributed by atoms with Crippen LogP contribution in [0.2, 0.25) is 0 Å². The van der Waals surface area contributed by atoms with E-state index in [1.807, 2.05) is 0 Å². The van der Waals surface area contributed by atoms with Crippen molar-refractivity contribution < 1.29 is 24.2 Å². The Labute approximate surface area is 146 Å². The van der Waals surface area contributed by atoms with Gasteiger partial charge in [-0.15, -0.1) is 0 Å². The Morgan fingerprint density at radius 3 is 2.50 bits per heavy atom. The smallest absolute Gasteiger partial charge is 0.204 e. The molecule has 0 atom stereocenters. The minimum Gasteiger partial charge on any atom is -0.508 e. The van der Waals surface area contributed by atoms with Crippen LogP contribution < -0.4 is 5.43 Å². The van der Waals surface area contributed by atoms with Crippen molar-refractivity contribution in [3.05, 3.63) is 59.2 Å². The van der Waals surface area contributed by atoms with Gasteiger partial charge in [-0.1, -0.05) is 6.58 Å². The lowest BCUT2D eigenvalue weighted by molar-refractivity contribution is 0.451. The van der Waals surface area contributed by atoms with Crippen LogP contribution in [0.25, 0.3) is 38.6 Å². The number of furan rings is 1. The minimum absolute atomic E-state index is 0.0171. The van der Waals surface area contributed by atoms with Crippen molar-refractivity contribution in [3.8, 4) is 28.4 Å². The Hall–Kier alpha value is -3.67. The van der Waals surface area contributed by atoms with E-state index in [0.717, 1.165) is 6.07 Å². The van der Waals surface area contributed by atoms with E-state index in [-0.39, 0.29) is 39.3 Å². The molecule has 26 heavy (non-hydrogen) atoms. The Bertz CT molecular complexity index is 1260. The maximum absolute atomic E-state index is 12.9. The molecule has 0 aliphatic carbocycles. The van der Waals surface area contributed by atoms with Gasteiger partial charge in [-0.3, -0.25) is 4.79 Å². The predicted molar refractivity (Wildman–Crippen MR) is 97.4 cm³/mol. The summed E-state index contributed by atoms with van der Waals surface area (Å²) in [6.07, 6.45) is 1.20. The van der Waals surface area contributed by atoms with Crippen LogP contribution in [0.15, 0.2) is 56.8 Å². The second kappa shape index (κ2) is 5.42. The fourth-order valence-corrected chi connectivity index (χ4v) is 2.91. The molecule has 0 radical (unpaired) electrons. The normalized spacial score (nSPS) is 11.3. The van der Waals surface area contributed by atoms with Gasteiger partial charge >= 0.3 is 0 Å². The highest BCUT2D eigenvalue weighted by Crippen LogP contribution is 2.37. The predicted octanol–water partition coefficient (Wildman–Crippen LogP) is 4.36. The van der Waals surface area contributed by atoms with E-state index in [4.69, 9.17) is 8.83 Å². The molecular formula is C20H14O6. The summed E-state index contributed by atoms with van der Waals surface area (Å²) in [5, 5.41) is 30.4. The summed E-state index contributed by atoms with van der Waals surface area (Å²) >= 11 is 0. The molecule has 0 fully saturated rings. The summed E-state index contributed by atoms with van der Waals surface area (Å²) in [6.45, 7) is 5.57. The second-order valence-electron chi connectivity index (χ2n) is 6.08. The summed E-state index contributed by atoms with van der Waals surface area (Å²) in [5.74, 6) is -0.172. The highest BCUT2D eigenvalue weighted by atomic mass is 16.3. The zero-order chi connectivity index (χ0) is 18.6. The van der Waals surface area contributed by atoms with E-state index in [1.54, 1.807) is 13.0 Å². The van der Waals surface area contributed by atoms with E-state index < -0.39 is 5.43 Å². The van der Waals surface area contributed by atoms with Gasteiger partial charge in [0, 0.05) is 17.7 Å². The molecule has 0 bridgehead atoms. The molecule has 2 aromatic carbocycles. The summed E-state index contributed by atoms with van der Waals surface area (Å²) in [5.41, 5.74) is 0.949. The number of benzene rings is 2. The maximum atomic E-state index is 12.9. The number of rotatable bonds is 2. The largest absolute Gasteiger partial charge is 0.508 e. The molecule has 0 saturated heterocycles. The van der Waals surface area contributed by atoms with Crippen molar-refractivity contribution in [2.45, 2.75) is 6.92 Å². The fraction of sp³-hybridized carbons (Fsp3) is 0.0500. The SMILES string of the molecule is C=C(C)c1cc2c(O)c3c(=O)c(-c4ccc(O)cc4O)coc3cc2o1. The number of hydrogen-bond donors (Lipinski definition) is 3.